The number of aromatic nitrogens is 2. The highest BCUT2D eigenvalue weighted by molar-refractivity contribution is 7.99. The van der Waals surface area contributed by atoms with E-state index in [2.05, 4.69) is 14.3 Å². The normalized spacial score (nSPS) is 13.1. The summed E-state index contributed by atoms with van der Waals surface area (Å²) in [6.07, 6.45) is 2.00. The Labute approximate surface area is 180 Å². The molecule has 0 amide bonds. The molecule has 158 valence electrons. The van der Waals surface area contributed by atoms with Gasteiger partial charge in [-0.1, -0.05) is 23.9 Å². The summed E-state index contributed by atoms with van der Waals surface area (Å²) in [5.41, 5.74) is 2.13. The van der Waals surface area contributed by atoms with Crippen LogP contribution in [0.25, 0.3) is 11.3 Å². The van der Waals surface area contributed by atoms with Gasteiger partial charge in [0.25, 0.3) is 10.0 Å². The minimum Gasteiger partial charge on any atom is -0.494 e. The second kappa shape index (κ2) is 8.61. The largest absolute Gasteiger partial charge is 0.494 e. The van der Waals surface area contributed by atoms with Crippen molar-refractivity contribution in [2.45, 2.75) is 30.4 Å². The van der Waals surface area contributed by atoms with Gasteiger partial charge in [-0.05, 0) is 38.1 Å². The number of imidazole rings is 1. The molecule has 0 atom stereocenters. The van der Waals surface area contributed by atoms with Crippen LogP contribution in [0.1, 0.15) is 13.8 Å². The summed E-state index contributed by atoms with van der Waals surface area (Å²) < 4.78 is 42.1. The second-order valence-electron chi connectivity index (χ2n) is 6.61. The van der Waals surface area contributed by atoms with Gasteiger partial charge in [-0.2, -0.15) is 0 Å². The number of benzene rings is 2. The standard InChI is InChI=1S/C21H23N3O4S2/c1-3-27-17-8-9-19(28-4-2)20(13-17)30(25,26)23-16-7-5-6-15(12-16)18-14-24-10-11-29-21(24)22-18/h5-9,12-14,23H,3-4,10-11H2,1-2H3. The van der Waals surface area contributed by atoms with Crippen molar-refractivity contribution in [2.24, 2.45) is 0 Å². The fourth-order valence-corrected chi connectivity index (χ4v) is 5.38. The van der Waals surface area contributed by atoms with E-state index < -0.39 is 10.0 Å². The SMILES string of the molecule is CCOc1ccc(OCC)c(S(=O)(=O)Nc2cccc(-c3cn4c(n3)SCC4)c2)c1. The van der Waals surface area contributed by atoms with Crippen molar-refractivity contribution in [3.8, 4) is 22.8 Å². The maximum absolute atomic E-state index is 13.1. The summed E-state index contributed by atoms with van der Waals surface area (Å²) in [4.78, 5) is 4.68. The molecule has 0 fully saturated rings. The van der Waals surface area contributed by atoms with Crippen molar-refractivity contribution in [1.82, 2.24) is 9.55 Å². The van der Waals surface area contributed by atoms with E-state index in [-0.39, 0.29) is 10.6 Å². The summed E-state index contributed by atoms with van der Waals surface area (Å²) in [5.74, 6) is 1.79. The van der Waals surface area contributed by atoms with E-state index in [0.717, 1.165) is 28.7 Å². The number of fused-ring (bicyclic) bond motifs is 1. The van der Waals surface area contributed by atoms with Crippen LogP contribution in [0.3, 0.4) is 0 Å². The third-order valence-corrected chi connectivity index (χ3v) is 6.90. The van der Waals surface area contributed by atoms with Gasteiger partial charge in [0.15, 0.2) is 5.16 Å². The number of nitrogens with one attached hydrogen (secondary N) is 1. The number of thioether (sulfide) groups is 1. The van der Waals surface area contributed by atoms with Crippen LogP contribution in [0.4, 0.5) is 5.69 Å². The van der Waals surface area contributed by atoms with Crippen LogP contribution in [0.5, 0.6) is 11.5 Å². The van der Waals surface area contributed by atoms with Gasteiger partial charge in [-0.25, -0.2) is 13.4 Å². The molecule has 3 aromatic rings. The van der Waals surface area contributed by atoms with E-state index in [4.69, 9.17) is 9.47 Å². The first-order valence-corrected chi connectivity index (χ1v) is 12.2. The zero-order valence-electron chi connectivity index (χ0n) is 16.8. The monoisotopic (exact) mass is 445 g/mol. The molecule has 0 saturated heterocycles. The molecule has 0 radical (unpaired) electrons. The molecule has 1 N–H and O–H groups in total. The van der Waals surface area contributed by atoms with Gasteiger partial charge >= 0.3 is 0 Å². The molecule has 7 nitrogen and oxygen atoms in total. The smallest absolute Gasteiger partial charge is 0.265 e. The van der Waals surface area contributed by atoms with Crippen molar-refractivity contribution in [1.29, 1.82) is 0 Å². The Morgan fingerprint density at radius 2 is 1.97 bits per heavy atom. The Kier molecular flexibility index (Phi) is 5.92. The summed E-state index contributed by atoms with van der Waals surface area (Å²) >= 11 is 1.72. The molecule has 30 heavy (non-hydrogen) atoms. The minimum atomic E-state index is -3.89. The predicted molar refractivity (Wildman–Crippen MR) is 118 cm³/mol. The van der Waals surface area contributed by atoms with Crippen molar-refractivity contribution in [3.63, 3.8) is 0 Å². The van der Waals surface area contributed by atoms with Crippen molar-refractivity contribution in [3.05, 3.63) is 48.7 Å². The Morgan fingerprint density at radius 1 is 1.13 bits per heavy atom. The maximum atomic E-state index is 13.1. The predicted octanol–water partition coefficient (Wildman–Crippen LogP) is 4.25. The number of sulfonamides is 1. The van der Waals surface area contributed by atoms with Crippen LogP contribution in [0.2, 0.25) is 0 Å². The molecule has 0 bridgehead atoms. The molecule has 1 aliphatic heterocycles. The van der Waals surface area contributed by atoms with E-state index in [9.17, 15) is 8.42 Å². The van der Waals surface area contributed by atoms with Gasteiger partial charge in [-0.15, -0.1) is 0 Å². The summed E-state index contributed by atoms with van der Waals surface area (Å²) in [6.45, 7) is 5.39. The fraction of sp³-hybridized carbons (Fsp3) is 0.286. The van der Waals surface area contributed by atoms with E-state index in [1.807, 2.05) is 32.2 Å². The molecule has 9 heteroatoms. The molecule has 0 saturated carbocycles. The van der Waals surface area contributed by atoms with Crippen LogP contribution in [-0.4, -0.2) is 36.9 Å². The molecule has 2 aromatic carbocycles. The molecule has 1 aromatic heterocycles. The number of hydrogen-bond acceptors (Lipinski definition) is 6. The molecule has 0 spiro atoms. The van der Waals surface area contributed by atoms with E-state index in [0.29, 0.717) is 24.7 Å². The zero-order chi connectivity index (χ0) is 21.1. The van der Waals surface area contributed by atoms with Gasteiger partial charge < -0.3 is 14.0 Å². The summed E-state index contributed by atoms with van der Waals surface area (Å²) in [6, 6.07) is 12.0. The number of rotatable bonds is 8. The van der Waals surface area contributed by atoms with E-state index in [1.165, 1.54) is 6.07 Å². The van der Waals surface area contributed by atoms with E-state index >= 15 is 0 Å². The number of ether oxygens (including phenoxy) is 2. The van der Waals surface area contributed by atoms with Crippen LogP contribution in [-0.2, 0) is 16.6 Å². The molecule has 1 aliphatic rings. The van der Waals surface area contributed by atoms with Crippen LogP contribution in [0.15, 0.2) is 58.7 Å². The van der Waals surface area contributed by atoms with Crippen molar-refractivity contribution in [2.75, 3.05) is 23.7 Å². The number of anilines is 1. The average Bonchev–Trinajstić information content (AvgIpc) is 3.32. The lowest BCUT2D eigenvalue weighted by atomic mass is 10.1. The molecule has 2 heterocycles. The van der Waals surface area contributed by atoms with Gasteiger partial charge in [0.1, 0.15) is 16.4 Å². The second-order valence-corrected chi connectivity index (χ2v) is 9.32. The van der Waals surface area contributed by atoms with Crippen molar-refractivity contribution >= 4 is 27.5 Å². The Morgan fingerprint density at radius 3 is 2.73 bits per heavy atom. The van der Waals surface area contributed by atoms with Gasteiger partial charge in [0.05, 0.1) is 18.9 Å². The maximum Gasteiger partial charge on any atom is 0.265 e. The first kappa shape index (κ1) is 20.6. The van der Waals surface area contributed by atoms with Crippen LogP contribution in [0, 0.1) is 0 Å². The lowest BCUT2D eigenvalue weighted by Crippen LogP contribution is -2.15. The van der Waals surface area contributed by atoms with E-state index in [1.54, 1.807) is 36.0 Å². The molecule has 4 rings (SSSR count). The van der Waals surface area contributed by atoms with Gasteiger partial charge in [-0.3, -0.25) is 4.72 Å². The number of nitrogens with zero attached hydrogens (tertiary/aromatic N) is 2. The Hall–Kier alpha value is -2.65. The highest BCUT2D eigenvalue weighted by Crippen LogP contribution is 2.32. The molecule has 0 unspecified atom stereocenters. The third kappa shape index (κ3) is 4.27. The zero-order valence-corrected chi connectivity index (χ0v) is 18.4. The number of aryl methyl sites for hydroxylation is 1. The highest BCUT2D eigenvalue weighted by Gasteiger charge is 2.22. The number of hydrogen-bond donors (Lipinski definition) is 1. The third-order valence-electron chi connectivity index (χ3n) is 4.53. The summed E-state index contributed by atoms with van der Waals surface area (Å²) in [7, 11) is -3.89. The molecular formula is C21H23N3O4S2. The molecule has 0 aliphatic carbocycles. The average molecular weight is 446 g/mol. The van der Waals surface area contributed by atoms with Gasteiger partial charge in [0, 0.05) is 35.8 Å². The summed E-state index contributed by atoms with van der Waals surface area (Å²) in [5, 5.41) is 0.991. The highest BCUT2D eigenvalue weighted by atomic mass is 32.2. The quantitative estimate of drug-likeness (QED) is 0.558. The Bertz CT molecular complexity index is 1140. The first-order chi connectivity index (χ1) is 14.5. The molecular weight excluding hydrogens is 422 g/mol. The fourth-order valence-electron chi connectivity index (χ4n) is 3.23. The lowest BCUT2D eigenvalue weighted by Gasteiger charge is -2.14. The van der Waals surface area contributed by atoms with Gasteiger partial charge in [0.2, 0.25) is 0 Å². The van der Waals surface area contributed by atoms with Crippen LogP contribution < -0.4 is 14.2 Å². The Balaban J connectivity index is 1.64. The first-order valence-electron chi connectivity index (χ1n) is 9.73. The lowest BCUT2D eigenvalue weighted by molar-refractivity contribution is 0.322. The van der Waals surface area contributed by atoms with Crippen molar-refractivity contribution < 1.29 is 17.9 Å². The minimum absolute atomic E-state index is 0.0399. The topological polar surface area (TPSA) is 82.5 Å². The van der Waals surface area contributed by atoms with Crippen LogP contribution >= 0.6 is 11.8 Å².